The van der Waals surface area contributed by atoms with Gasteiger partial charge in [0.05, 0.1) is 17.7 Å². The van der Waals surface area contributed by atoms with Gasteiger partial charge >= 0.3 is 12.1 Å². The second kappa shape index (κ2) is 13.1. The highest BCUT2D eigenvalue weighted by Gasteiger charge is 2.42. The van der Waals surface area contributed by atoms with Gasteiger partial charge in [0, 0.05) is 37.4 Å². The maximum atomic E-state index is 14.1. The van der Waals surface area contributed by atoms with Crippen LogP contribution in [0.25, 0.3) is 11.3 Å². The lowest BCUT2D eigenvalue weighted by Crippen LogP contribution is -2.25. The number of carbonyl (C=O) groups is 1. The zero-order valence-corrected chi connectivity index (χ0v) is 25.1. The van der Waals surface area contributed by atoms with Crippen LogP contribution in [0.2, 0.25) is 0 Å². The van der Waals surface area contributed by atoms with Gasteiger partial charge < -0.3 is 14.0 Å². The summed E-state index contributed by atoms with van der Waals surface area (Å²) in [7, 11) is 0. The molecule has 1 fully saturated rings. The molecule has 0 amide bonds. The Morgan fingerprint density at radius 2 is 1.80 bits per heavy atom. The van der Waals surface area contributed by atoms with Gasteiger partial charge in [-0.05, 0) is 70.6 Å². The molecule has 2 heterocycles. The number of carbonyl (C=O) groups excluding carboxylic acids is 1. The van der Waals surface area contributed by atoms with Crippen LogP contribution in [0.5, 0.6) is 0 Å². The Hall–Kier alpha value is -2.36. The lowest BCUT2D eigenvalue weighted by molar-refractivity contribution is -0.155. The molecule has 2 aromatic rings. The average Bonchev–Trinajstić information content (AvgIpc) is 3.39. The van der Waals surface area contributed by atoms with Crippen LogP contribution in [-0.4, -0.2) is 39.7 Å². The Labute approximate surface area is 236 Å². The van der Waals surface area contributed by atoms with Crippen LogP contribution in [0.3, 0.4) is 0 Å². The molecule has 40 heavy (non-hydrogen) atoms. The molecule has 10 heteroatoms. The predicted octanol–water partition coefficient (Wildman–Crippen LogP) is 8.28. The van der Waals surface area contributed by atoms with E-state index >= 15 is 0 Å². The van der Waals surface area contributed by atoms with E-state index in [1.807, 2.05) is 20.8 Å². The fraction of sp³-hybridized carbons (Fsp3) is 0.767. The van der Waals surface area contributed by atoms with Crippen LogP contribution in [0.15, 0.2) is 10.7 Å². The Morgan fingerprint density at radius 1 is 1.12 bits per heavy atom. The van der Waals surface area contributed by atoms with Gasteiger partial charge in [0.25, 0.3) is 0 Å². The highest BCUT2D eigenvalue weighted by Crippen LogP contribution is 2.50. The number of nitrogens with zero attached hydrogens (tertiary/aromatic N) is 3. The van der Waals surface area contributed by atoms with Crippen LogP contribution < -0.4 is 0 Å². The van der Waals surface area contributed by atoms with Crippen molar-refractivity contribution in [2.75, 3.05) is 13.2 Å². The smallest absolute Gasteiger partial charge is 0.435 e. The summed E-state index contributed by atoms with van der Waals surface area (Å²) < 4.78 is 60.8. The first kappa shape index (κ1) is 32.2. The first-order chi connectivity index (χ1) is 18.6. The molecule has 0 saturated heterocycles. The lowest BCUT2D eigenvalue weighted by Gasteiger charge is -2.22. The molecule has 0 spiro atoms. The summed E-state index contributed by atoms with van der Waals surface area (Å²) in [4.78, 5) is 12.9. The van der Waals surface area contributed by atoms with Crippen molar-refractivity contribution in [3.05, 3.63) is 23.1 Å². The molecule has 0 aromatic carbocycles. The standard InChI is InChI=1S/C30H46F3N3O4/c1-8-9-16-38-17-10-11-21(18-23(37)39-29(5,6)7)25-24(20-12-13-20)26(40-35-25)22-19-36(15-14-28(2,3)4)34-27(22)30(31,32)33/h19-21H,8-18H2,1-7H3/t21-/m0/s1. The van der Waals surface area contributed by atoms with Crippen molar-refractivity contribution in [1.82, 2.24) is 14.9 Å². The molecule has 0 N–H and O–H groups in total. The Bertz CT molecular complexity index is 1110. The molecule has 226 valence electrons. The van der Waals surface area contributed by atoms with Crippen molar-refractivity contribution in [2.45, 2.75) is 130 Å². The molecular formula is C30H46F3N3O4. The summed E-state index contributed by atoms with van der Waals surface area (Å²) in [5, 5.41) is 8.24. The molecule has 0 bridgehead atoms. The quantitative estimate of drug-likeness (QED) is 0.168. The number of halogens is 3. The molecule has 0 aliphatic heterocycles. The van der Waals surface area contributed by atoms with E-state index in [-0.39, 0.29) is 41.0 Å². The number of unbranched alkanes of at least 4 members (excludes halogenated alkanes) is 1. The summed E-state index contributed by atoms with van der Waals surface area (Å²) in [6, 6.07) is 0. The number of hydrogen-bond acceptors (Lipinski definition) is 6. The Morgan fingerprint density at radius 3 is 2.38 bits per heavy atom. The molecule has 1 atom stereocenters. The van der Waals surface area contributed by atoms with Crippen molar-refractivity contribution < 1.29 is 32.0 Å². The van der Waals surface area contributed by atoms with E-state index in [0.29, 0.717) is 50.3 Å². The third-order valence-corrected chi connectivity index (χ3v) is 6.81. The van der Waals surface area contributed by atoms with Gasteiger partial charge in [0.2, 0.25) is 0 Å². The van der Waals surface area contributed by atoms with Crippen LogP contribution >= 0.6 is 0 Å². The number of aromatic nitrogens is 3. The van der Waals surface area contributed by atoms with E-state index in [1.54, 1.807) is 20.8 Å². The maximum absolute atomic E-state index is 14.1. The van der Waals surface area contributed by atoms with Gasteiger partial charge in [-0.2, -0.15) is 18.3 Å². The van der Waals surface area contributed by atoms with Crippen LogP contribution in [0.1, 0.15) is 129 Å². The monoisotopic (exact) mass is 569 g/mol. The van der Waals surface area contributed by atoms with Crippen LogP contribution in [0, 0.1) is 5.41 Å². The van der Waals surface area contributed by atoms with Crippen molar-refractivity contribution in [2.24, 2.45) is 5.41 Å². The average molecular weight is 570 g/mol. The maximum Gasteiger partial charge on any atom is 0.435 e. The predicted molar refractivity (Wildman–Crippen MR) is 147 cm³/mol. The van der Waals surface area contributed by atoms with E-state index in [4.69, 9.17) is 14.0 Å². The van der Waals surface area contributed by atoms with Gasteiger partial charge in [0.1, 0.15) is 5.60 Å². The van der Waals surface area contributed by atoms with E-state index in [9.17, 15) is 18.0 Å². The zero-order valence-electron chi connectivity index (χ0n) is 25.1. The second-order valence-electron chi connectivity index (χ2n) is 13.1. The largest absolute Gasteiger partial charge is 0.460 e. The van der Waals surface area contributed by atoms with Crippen LogP contribution in [-0.2, 0) is 27.0 Å². The first-order valence-corrected chi connectivity index (χ1v) is 14.5. The lowest BCUT2D eigenvalue weighted by atomic mass is 9.90. The Kier molecular flexibility index (Phi) is 10.5. The molecule has 1 saturated carbocycles. The van der Waals surface area contributed by atoms with Gasteiger partial charge in [0.15, 0.2) is 11.5 Å². The van der Waals surface area contributed by atoms with Crippen molar-refractivity contribution >= 4 is 5.97 Å². The number of esters is 1. The topological polar surface area (TPSA) is 79.4 Å². The molecule has 0 radical (unpaired) electrons. The second-order valence-corrected chi connectivity index (χ2v) is 13.1. The van der Waals surface area contributed by atoms with Gasteiger partial charge in [-0.25, -0.2) is 0 Å². The summed E-state index contributed by atoms with van der Waals surface area (Å²) in [5.74, 6) is -0.581. The SMILES string of the molecule is CCCCOCCC[C@@H](CC(=O)OC(C)(C)C)c1noc(-c2cn(CCC(C)(C)C)nc2C(F)(F)F)c1C1CC1. The Balaban J connectivity index is 1.96. The number of aryl methyl sites for hydroxylation is 1. The highest BCUT2D eigenvalue weighted by molar-refractivity contribution is 5.72. The normalized spacial score (nSPS) is 15.4. The molecule has 0 unspecified atom stereocenters. The zero-order chi connectivity index (χ0) is 29.7. The third kappa shape index (κ3) is 9.63. The number of alkyl halides is 3. The van der Waals surface area contributed by atoms with E-state index in [2.05, 4.69) is 17.2 Å². The first-order valence-electron chi connectivity index (χ1n) is 14.5. The molecule has 1 aliphatic carbocycles. The summed E-state index contributed by atoms with van der Waals surface area (Å²) in [6.45, 7) is 15.2. The minimum absolute atomic E-state index is 0.0391. The van der Waals surface area contributed by atoms with Gasteiger partial charge in [-0.3, -0.25) is 9.48 Å². The number of rotatable bonds is 14. The number of ether oxygens (including phenoxy) is 2. The fourth-order valence-electron chi connectivity index (χ4n) is 4.63. The molecule has 1 aliphatic rings. The minimum Gasteiger partial charge on any atom is -0.460 e. The summed E-state index contributed by atoms with van der Waals surface area (Å²) >= 11 is 0. The van der Waals surface area contributed by atoms with Crippen molar-refractivity contribution in [3.8, 4) is 11.3 Å². The van der Waals surface area contributed by atoms with Crippen molar-refractivity contribution in [3.63, 3.8) is 0 Å². The third-order valence-electron chi connectivity index (χ3n) is 6.81. The number of hydrogen-bond donors (Lipinski definition) is 0. The summed E-state index contributed by atoms with van der Waals surface area (Å²) in [6.07, 6.45) is 2.45. The van der Waals surface area contributed by atoms with Crippen molar-refractivity contribution in [1.29, 1.82) is 0 Å². The van der Waals surface area contributed by atoms with Gasteiger partial charge in [-0.15, -0.1) is 0 Å². The molecule has 3 rings (SSSR count). The molecule has 2 aromatic heterocycles. The van der Waals surface area contributed by atoms with Crippen LogP contribution in [0.4, 0.5) is 13.2 Å². The fourth-order valence-corrected chi connectivity index (χ4v) is 4.63. The van der Waals surface area contributed by atoms with E-state index in [1.165, 1.54) is 10.9 Å². The molecular weight excluding hydrogens is 523 g/mol. The minimum atomic E-state index is -4.65. The van der Waals surface area contributed by atoms with E-state index in [0.717, 1.165) is 25.7 Å². The summed E-state index contributed by atoms with van der Waals surface area (Å²) in [5.41, 5.74) is -0.561. The molecule has 7 nitrogen and oxygen atoms in total. The van der Waals surface area contributed by atoms with E-state index < -0.39 is 17.5 Å². The van der Waals surface area contributed by atoms with Gasteiger partial charge in [-0.1, -0.05) is 39.3 Å². The highest BCUT2D eigenvalue weighted by atomic mass is 19.4.